The van der Waals surface area contributed by atoms with Gasteiger partial charge >= 0.3 is 0 Å². The van der Waals surface area contributed by atoms with E-state index in [1.807, 2.05) is 6.08 Å². The van der Waals surface area contributed by atoms with Crippen molar-refractivity contribution in [2.45, 2.75) is 18.2 Å². The second-order valence-electron chi connectivity index (χ2n) is 3.54. The summed E-state index contributed by atoms with van der Waals surface area (Å²) in [5.41, 5.74) is 0.869. The molecule has 2 heterocycles. The molecule has 0 spiro atoms. The van der Waals surface area contributed by atoms with Gasteiger partial charge in [-0.3, -0.25) is 0 Å². The Hall–Kier alpha value is -0.420. The van der Waals surface area contributed by atoms with E-state index in [9.17, 15) is 10.2 Å². The van der Waals surface area contributed by atoms with Crippen molar-refractivity contribution in [2.75, 3.05) is 19.7 Å². The first-order valence-electron chi connectivity index (χ1n) is 4.24. The van der Waals surface area contributed by atoms with E-state index in [1.165, 1.54) is 4.90 Å². The lowest BCUT2D eigenvalue weighted by Gasteiger charge is -2.15. The van der Waals surface area contributed by atoms with Crippen LogP contribution in [0.2, 0.25) is 0 Å². The van der Waals surface area contributed by atoms with E-state index in [0.717, 1.165) is 12.1 Å². The Labute approximate surface area is 70.7 Å². The van der Waals surface area contributed by atoms with Gasteiger partial charge in [0.25, 0.3) is 0 Å². The van der Waals surface area contributed by atoms with Crippen LogP contribution in [0.15, 0.2) is 11.6 Å². The van der Waals surface area contributed by atoms with Crippen LogP contribution in [0.4, 0.5) is 0 Å². The Morgan fingerprint density at radius 2 is 2.25 bits per heavy atom. The van der Waals surface area contributed by atoms with Crippen LogP contribution < -0.4 is 4.90 Å². The largest absolute Gasteiger partial charge is 0.392 e. The third kappa shape index (κ3) is 0.998. The number of aliphatic hydroxyl groups excluding tert-OH is 3. The summed E-state index contributed by atoms with van der Waals surface area (Å²) in [7, 11) is 0. The summed E-state index contributed by atoms with van der Waals surface area (Å²) in [6.07, 6.45) is 0.635. The number of nitrogens with one attached hydrogen (secondary N) is 1. The summed E-state index contributed by atoms with van der Waals surface area (Å²) in [6, 6.07) is -0.0648. The van der Waals surface area contributed by atoms with Gasteiger partial charge in [-0.05, 0) is 6.08 Å². The maximum absolute atomic E-state index is 9.55. The van der Waals surface area contributed by atoms with E-state index >= 15 is 0 Å². The monoisotopic (exact) mass is 172 g/mol. The van der Waals surface area contributed by atoms with Gasteiger partial charge in [0.1, 0.15) is 24.8 Å². The molecule has 0 saturated carbocycles. The maximum atomic E-state index is 9.55. The highest BCUT2D eigenvalue weighted by Gasteiger charge is 2.47. The normalized spacial score (nSPS) is 46.1. The van der Waals surface area contributed by atoms with Crippen molar-refractivity contribution in [3.05, 3.63) is 11.6 Å². The molecule has 0 aromatic carbocycles. The molecule has 12 heavy (non-hydrogen) atoms. The number of hydrogen-bond acceptors (Lipinski definition) is 3. The zero-order valence-corrected chi connectivity index (χ0v) is 6.77. The van der Waals surface area contributed by atoms with Gasteiger partial charge in [0.05, 0.1) is 13.2 Å². The van der Waals surface area contributed by atoms with Crippen LogP contribution in [-0.2, 0) is 0 Å². The van der Waals surface area contributed by atoms with Crippen LogP contribution in [0.25, 0.3) is 0 Å². The number of aliphatic hydroxyl groups is 3. The Kier molecular flexibility index (Phi) is 1.92. The fourth-order valence-electron chi connectivity index (χ4n) is 2.22. The van der Waals surface area contributed by atoms with Crippen LogP contribution in [0.3, 0.4) is 0 Å². The van der Waals surface area contributed by atoms with E-state index in [0.29, 0.717) is 6.54 Å². The van der Waals surface area contributed by atoms with E-state index < -0.39 is 12.2 Å². The lowest BCUT2D eigenvalue weighted by Crippen LogP contribution is -3.13. The van der Waals surface area contributed by atoms with E-state index in [4.69, 9.17) is 5.11 Å². The zero-order chi connectivity index (χ0) is 8.72. The summed E-state index contributed by atoms with van der Waals surface area (Å²) in [4.78, 5) is 1.17. The van der Waals surface area contributed by atoms with Gasteiger partial charge in [-0.2, -0.15) is 0 Å². The van der Waals surface area contributed by atoms with Gasteiger partial charge in [0, 0.05) is 5.57 Å². The van der Waals surface area contributed by atoms with Crippen LogP contribution in [0.1, 0.15) is 0 Å². The lowest BCUT2D eigenvalue weighted by molar-refractivity contribution is -0.898. The first-order valence-corrected chi connectivity index (χ1v) is 4.24. The summed E-state index contributed by atoms with van der Waals surface area (Å²) in [5.74, 6) is 0. The van der Waals surface area contributed by atoms with Gasteiger partial charge in [-0.15, -0.1) is 0 Å². The highest BCUT2D eigenvalue weighted by molar-refractivity contribution is 5.16. The second-order valence-corrected chi connectivity index (χ2v) is 3.54. The van der Waals surface area contributed by atoms with Crippen molar-refractivity contribution in [2.24, 2.45) is 0 Å². The van der Waals surface area contributed by atoms with Gasteiger partial charge in [-0.25, -0.2) is 0 Å². The van der Waals surface area contributed by atoms with Crippen molar-refractivity contribution in [1.82, 2.24) is 0 Å². The minimum absolute atomic E-state index is 0.00204. The van der Waals surface area contributed by atoms with E-state index in [-0.39, 0.29) is 12.6 Å². The minimum Gasteiger partial charge on any atom is -0.392 e. The van der Waals surface area contributed by atoms with Crippen LogP contribution in [0.5, 0.6) is 0 Å². The molecule has 2 rings (SSSR count). The molecular weight excluding hydrogens is 158 g/mol. The van der Waals surface area contributed by atoms with E-state index in [1.54, 1.807) is 0 Å². The van der Waals surface area contributed by atoms with Gasteiger partial charge in [-0.1, -0.05) is 0 Å². The molecule has 0 radical (unpaired) electrons. The van der Waals surface area contributed by atoms with Crippen LogP contribution in [0, 0.1) is 0 Å². The molecule has 1 fully saturated rings. The SMILES string of the molecule is OCC1=CC[NH+]2C[C@@H](O)[C@@H](O)[C@H]12. The van der Waals surface area contributed by atoms with Gasteiger partial charge in [0.2, 0.25) is 0 Å². The summed E-state index contributed by atoms with van der Waals surface area (Å²) in [5, 5.41) is 27.8. The third-order valence-corrected chi connectivity index (χ3v) is 2.86. The molecule has 4 nitrogen and oxygen atoms in total. The van der Waals surface area contributed by atoms with Crippen molar-refractivity contribution < 1.29 is 20.2 Å². The standard InChI is InChI=1S/C8H13NO3/c10-4-5-1-2-9-3-6(11)8(12)7(5)9/h1,6-8,10-12H,2-4H2/p+1/t6-,7+,8-/m1/s1. The molecule has 4 N–H and O–H groups in total. The molecule has 4 heteroatoms. The molecule has 0 aliphatic carbocycles. The predicted octanol–water partition coefficient (Wildman–Crippen LogP) is -3.09. The zero-order valence-electron chi connectivity index (χ0n) is 6.77. The predicted molar refractivity (Wildman–Crippen MR) is 41.7 cm³/mol. The Morgan fingerprint density at radius 3 is 2.92 bits per heavy atom. The Bertz CT molecular complexity index is 216. The van der Waals surface area contributed by atoms with E-state index in [2.05, 4.69) is 0 Å². The molecule has 0 aromatic heterocycles. The first kappa shape index (κ1) is 8.19. The van der Waals surface area contributed by atoms with Crippen LogP contribution >= 0.6 is 0 Å². The molecule has 0 bridgehead atoms. The minimum atomic E-state index is -0.694. The van der Waals surface area contributed by atoms with Crippen molar-refractivity contribution in [3.63, 3.8) is 0 Å². The highest BCUT2D eigenvalue weighted by Crippen LogP contribution is 2.14. The fraction of sp³-hybridized carbons (Fsp3) is 0.750. The number of hydrogen-bond donors (Lipinski definition) is 4. The summed E-state index contributed by atoms with van der Waals surface area (Å²) < 4.78 is 0. The topological polar surface area (TPSA) is 65.1 Å². The molecular formula is C8H14NO3+. The smallest absolute Gasteiger partial charge is 0.141 e. The maximum Gasteiger partial charge on any atom is 0.141 e. The molecule has 4 atom stereocenters. The first-order chi connectivity index (χ1) is 5.74. The second kappa shape index (κ2) is 2.81. The van der Waals surface area contributed by atoms with Gasteiger partial charge in [0.15, 0.2) is 0 Å². The number of quaternary nitrogens is 1. The molecule has 0 aromatic rings. The molecule has 0 amide bonds. The molecule has 2 aliphatic rings. The summed E-state index contributed by atoms with van der Waals surface area (Å²) in [6.45, 7) is 1.40. The van der Waals surface area contributed by atoms with Crippen molar-refractivity contribution in [1.29, 1.82) is 0 Å². The molecule has 1 unspecified atom stereocenters. The average Bonchev–Trinajstić information content (AvgIpc) is 2.55. The van der Waals surface area contributed by atoms with Crippen molar-refractivity contribution in [3.8, 4) is 0 Å². The quantitative estimate of drug-likeness (QED) is 0.317. The number of rotatable bonds is 1. The van der Waals surface area contributed by atoms with Crippen LogP contribution in [-0.4, -0.2) is 53.3 Å². The lowest BCUT2D eigenvalue weighted by atomic mass is 10.0. The third-order valence-electron chi connectivity index (χ3n) is 2.86. The average molecular weight is 172 g/mol. The summed E-state index contributed by atoms with van der Waals surface area (Å²) >= 11 is 0. The molecule has 1 saturated heterocycles. The molecule has 68 valence electrons. The Morgan fingerprint density at radius 1 is 1.50 bits per heavy atom. The Balaban J connectivity index is 2.17. The fourth-order valence-corrected chi connectivity index (χ4v) is 2.22. The highest BCUT2D eigenvalue weighted by atomic mass is 16.3. The molecule has 2 aliphatic heterocycles. The van der Waals surface area contributed by atoms with Gasteiger partial charge < -0.3 is 20.2 Å². The number of fused-ring (bicyclic) bond motifs is 1. The van der Waals surface area contributed by atoms with Crippen molar-refractivity contribution >= 4 is 0 Å².